The van der Waals surface area contributed by atoms with Crippen LogP contribution in [0.2, 0.25) is 0 Å². The Hall–Kier alpha value is -2.45. The van der Waals surface area contributed by atoms with Crippen molar-refractivity contribution in [3.8, 4) is 0 Å². The van der Waals surface area contributed by atoms with Crippen LogP contribution < -0.4 is 5.32 Å². The Kier molecular flexibility index (Phi) is 4.01. The van der Waals surface area contributed by atoms with Gasteiger partial charge in [-0.05, 0) is 12.8 Å². The highest BCUT2D eigenvalue weighted by Crippen LogP contribution is 2.20. The van der Waals surface area contributed by atoms with Crippen molar-refractivity contribution in [1.29, 1.82) is 0 Å². The highest BCUT2D eigenvalue weighted by Gasteiger charge is 2.38. The molecule has 0 aromatic heterocycles. The molecule has 0 atom stereocenters. The van der Waals surface area contributed by atoms with Crippen molar-refractivity contribution >= 4 is 29.7 Å². The molecule has 0 bridgehead atoms. The molecule has 1 N–H and O–H groups in total. The maximum Gasteiger partial charge on any atom is 0.324 e. The van der Waals surface area contributed by atoms with Gasteiger partial charge in [-0.15, -0.1) is 0 Å². The first-order chi connectivity index (χ1) is 11.0. The quantitative estimate of drug-likeness (QED) is 0.512. The fraction of sp³-hybridized carbons (Fsp3) is 0.643. The van der Waals surface area contributed by atoms with E-state index in [1.807, 2.05) is 0 Å². The van der Waals surface area contributed by atoms with Gasteiger partial charge >= 0.3 is 6.03 Å². The van der Waals surface area contributed by atoms with E-state index in [0.29, 0.717) is 25.9 Å². The van der Waals surface area contributed by atoms with E-state index >= 15 is 0 Å². The minimum atomic E-state index is -0.381. The Morgan fingerprint density at radius 3 is 2.13 bits per heavy atom. The second-order valence-electron chi connectivity index (χ2n) is 5.91. The molecule has 3 fully saturated rings. The van der Waals surface area contributed by atoms with Gasteiger partial charge < -0.3 is 10.2 Å². The zero-order chi connectivity index (χ0) is 16.6. The number of urea groups is 1. The Morgan fingerprint density at radius 2 is 1.61 bits per heavy atom. The molecule has 3 aliphatic rings. The minimum Gasteiger partial charge on any atom is -0.341 e. The Balaban J connectivity index is 1.53. The number of amides is 6. The lowest BCUT2D eigenvalue weighted by atomic mass is 10.0. The van der Waals surface area contributed by atoms with Crippen molar-refractivity contribution in [2.24, 2.45) is 0 Å². The van der Waals surface area contributed by atoms with Crippen LogP contribution in [0.4, 0.5) is 4.79 Å². The van der Waals surface area contributed by atoms with Crippen molar-refractivity contribution < 1.29 is 24.0 Å². The molecule has 9 heteroatoms. The van der Waals surface area contributed by atoms with Gasteiger partial charge in [-0.2, -0.15) is 0 Å². The number of hydrogen-bond donors (Lipinski definition) is 1. The zero-order valence-corrected chi connectivity index (χ0v) is 12.6. The van der Waals surface area contributed by atoms with Crippen molar-refractivity contribution in [3.05, 3.63) is 0 Å². The molecule has 0 aromatic carbocycles. The second kappa shape index (κ2) is 5.98. The molecule has 3 saturated heterocycles. The van der Waals surface area contributed by atoms with Gasteiger partial charge in [-0.1, -0.05) is 0 Å². The standard InChI is InChI=1S/C14H18N4O5/c19-10-1-2-11(20)17(10)8-13(22)16-5-3-9(4-6-16)18-12(21)7-15-14(18)23/h9H,1-8H2,(H,15,23). The average Bonchev–Trinajstić information content (AvgIpc) is 3.03. The third kappa shape index (κ3) is 2.90. The summed E-state index contributed by atoms with van der Waals surface area (Å²) in [6.45, 7) is 0.607. The lowest BCUT2D eigenvalue weighted by molar-refractivity contribution is -0.146. The van der Waals surface area contributed by atoms with E-state index in [1.165, 1.54) is 4.90 Å². The number of rotatable bonds is 3. The SMILES string of the molecule is O=C(CN1C(=O)CCC1=O)N1CCC(N2C(=O)CNC2=O)CC1. The molecule has 124 valence electrons. The highest BCUT2D eigenvalue weighted by molar-refractivity contribution is 6.04. The molecule has 3 aliphatic heterocycles. The third-order valence-electron chi connectivity index (χ3n) is 4.51. The van der Waals surface area contributed by atoms with E-state index in [1.54, 1.807) is 4.90 Å². The first kappa shape index (κ1) is 15.4. The van der Waals surface area contributed by atoms with Gasteiger partial charge in [0.2, 0.25) is 23.6 Å². The molecular weight excluding hydrogens is 304 g/mol. The number of likely N-dealkylation sites (tertiary alicyclic amines) is 2. The number of carbonyl (C=O) groups excluding carboxylic acids is 5. The van der Waals surface area contributed by atoms with Gasteiger partial charge in [-0.3, -0.25) is 29.0 Å². The maximum absolute atomic E-state index is 12.2. The Labute approximate surface area is 132 Å². The van der Waals surface area contributed by atoms with Gasteiger partial charge in [0.1, 0.15) is 6.54 Å². The average molecular weight is 322 g/mol. The maximum atomic E-state index is 12.2. The van der Waals surface area contributed by atoms with Crippen LogP contribution in [-0.4, -0.2) is 76.6 Å². The molecule has 0 unspecified atom stereocenters. The summed E-state index contributed by atoms with van der Waals surface area (Å²) in [6, 6.07) is -0.586. The molecule has 0 spiro atoms. The van der Waals surface area contributed by atoms with Gasteiger partial charge in [0.05, 0.1) is 6.54 Å². The molecular formula is C14H18N4O5. The van der Waals surface area contributed by atoms with Crippen molar-refractivity contribution in [2.75, 3.05) is 26.2 Å². The Morgan fingerprint density at radius 1 is 1.00 bits per heavy atom. The molecule has 0 aliphatic carbocycles. The fourth-order valence-electron chi connectivity index (χ4n) is 3.21. The summed E-state index contributed by atoms with van der Waals surface area (Å²) in [5.74, 6) is -1.13. The predicted octanol–water partition coefficient (Wildman–Crippen LogP) is -1.32. The van der Waals surface area contributed by atoms with Crippen LogP contribution in [0.5, 0.6) is 0 Å². The van der Waals surface area contributed by atoms with Crippen LogP contribution in [0.3, 0.4) is 0 Å². The molecule has 0 saturated carbocycles. The number of carbonyl (C=O) groups is 5. The van der Waals surface area contributed by atoms with Crippen molar-refractivity contribution in [1.82, 2.24) is 20.0 Å². The van der Waals surface area contributed by atoms with E-state index < -0.39 is 0 Å². The van der Waals surface area contributed by atoms with Gasteiger partial charge in [0.15, 0.2) is 0 Å². The number of nitrogens with zero attached hydrogens (tertiary/aromatic N) is 3. The Bertz CT molecular complexity index is 550. The van der Waals surface area contributed by atoms with Crippen LogP contribution in [0.25, 0.3) is 0 Å². The summed E-state index contributed by atoms with van der Waals surface area (Å²) in [6.07, 6.45) is 1.35. The fourth-order valence-corrected chi connectivity index (χ4v) is 3.21. The van der Waals surface area contributed by atoms with E-state index in [2.05, 4.69) is 5.32 Å². The van der Waals surface area contributed by atoms with E-state index in [-0.39, 0.29) is 61.6 Å². The molecule has 3 rings (SSSR count). The van der Waals surface area contributed by atoms with Crippen LogP contribution >= 0.6 is 0 Å². The number of hydrogen-bond acceptors (Lipinski definition) is 5. The smallest absolute Gasteiger partial charge is 0.324 e. The van der Waals surface area contributed by atoms with E-state index in [9.17, 15) is 24.0 Å². The lowest BCUT2D eigenvalue weighted by Crippen LogP contribution is -2.51. The summed E-state index contributed by atoms with van der Waals surface area (Å²) in [7, 11) is 0. The topological polar surface area (TPSA) is 107 Å². The molecule has 3 heterocycles. The van der Waals surface area contributed by atoms with Crippen molar-refractivity contribution in [3.63, 3.8) is 0 Å². The first-order valence-corrected chi connectivity index (χ1v) is 7.68. The summed E-state index contributed by atoms with van der Waals surface area (Å²) in [5.41, 5.74) is 0. The van der Waals surface area contributed by atoms with Crippen LogP contribution in [-0.2, 0) is 19.2 Å². The van der Waals surface area contributed by atoms with Crippen LogP contribution in [0.15, 0.2) is 0 Å². The molecule has 0 aromatic rings. The van der Waals surface area contributed by atoms with E-state index in [0.717, 1.165) is 4.90 Å². The van der Waals surface area contributed by atoms with Crippen LogP contribution in [0, 0.1) is 0 Å². The molecule has 0 radical (unpaired) electrons. The lowest BCUT2D eigenvalue weighted by Gasteiger charge is -2.35. The number of imide groups is 2. The van der Waals surface area contributed by atoms with Gasteiger partial charge in [0.25, 0.3) is 0 Å². The second-order valence-corrected chi connectivity index (χ2v) is 5.91. The van der Waals surface area contributed by atoms with Crippen molar-refractivity contribution in [2.45, 2.75) is 31.7 Å². The normalized spacial score (nSPS) is 23.0. The largest absolute Gasteiger partial charge is 0.341 e. The first-order valence-electron chi connectivity index (χ1n) is 7.68. The predicted molar refractivity (Wildman–Crippen MR) is 75.8 cm³/mol. The molecule has 6 amide bonds. The minimum absolute atomic E-state index is 0.0250. The summed E-state index contributed by atoms with van der Waals surface area (Å²) >= 11 is 0. The van der Waals surface area contributed by atoms with Crippen LogP contribution in [0.1, 0.15) is 25.7 Å². The molecule has 9 nitrogen and oxygen atoms in total. The highest BCUT2D eigenvalue weighted by atomic mass is 16.2. The summed E-state index contributed by atoms with van der Waals surface area (Å²) < 4.78 is 0. The summed E-state index contributed by atoms with van der Waals surface area (Å²) in [4.78, 5) is 62.4. The number of piperidine rings is 1. The van der Waals surface area contributed by atoms with E-state index in [4.69, 9.17) is 0 Å². The molecule has 23 heavy (non-hydrogen) atoms. The number of nitrogens with one attached hydrogen (secondary N) is 1. The monoisotopic (exact) mass is 322 g/mol. The zero-order valence-electron chi connectivity index (χ0n) is 12.6. The van der Waals surface area contributed by atoms with Gasteiger partial charge in [0, 0.05) is 32.0 Å². The third-order valence-corrected chi connectivity index (χ3v) is 4.51. The summed E-state index contributed by atoms with van der Waals surface area (Å²) in [5, 5.41) is 2.48. The van der Waals surface area contributed by atoms with Gasteiger partial charge in [-0.25, -0.2) is 4.79 Å².